The molecule has 5 nitrogen and oxygen atoms in total. The van der Waals surface area contributed by atoms with Crippen LogP contribution in [-0.4, -0.2) is 41.5 Å². The maximum Gasteiger partial charge on any atom is 0.321 e. The van der Waals surface area contributed by atoms with Gasteiger partial charge in [-0.3, -0.25) is 4.79 Å². The highest BCUT2D eigenvalue weighted by atomic mass is 16.3. The number of ketones is 1. The first-order valence-corrected chi connectivity index (χ1v) is 8.52. The van der Waals surface area contributed by atoms with Crippen LogP contribution < -0.4 is 5.32 Å². The van der Waals surface area contributed by atoms with E-state index in [1.807, 2.05) is 25.1 Å². The highest BCUT2D eigenvalue weighted by molar-refractivity contribution is 6.09. The van der Waals surface area contributed by atoms with Crippen molar-refractivity contribution in [2.24, 2.45) is 0 Å². The van der Waals surface area contributed by atoms with Gasteiger partial charge in [0.05, 0.1) is 6.61 Å². The summed E-state index contributed by atoms with van der Waals surface area (Å²) in [6.07, 6.45) is 1.84. The van der Waals surface area contributed by atoms with Crippen LogP contribution in [0.1, 0.15) is 35.7 Å². The zero-order chi connectivity index (χ0) is 18.1. The number of hydrogen-bond donors (Lipinski definition) is 2. The molecule has 2 aromatic rings. The molecule has 0 heterocycles. The number of amides is 2. The molecule has 0 aromatic heterocycles. The van der Waals surface area contributed by atoms with E-state index in [9.17, 15) is 9.59 Å². The van der Waals surface area contributed by atoms with Crippen LogP contribution in [-0.2, 0) is 0 Å². The number of aliphatic hydroxyl groups is 1. The molecule has 0 radical (unpaired) electrons. The lowest BCUT2D eigenvalue weighted by Crippen LogP contribution is -2.37. The molecule has 0 saturated carbocycles. The molecule has 2 amide bonds. The molecule has 0 spiro atoms. The number of carbonyl (C=O) groups is 2. The minimum absolute atomic E-state index is 0.0797. The summed E-state index contributed by atoms with van der Waals surface area (Å²) in [5.41, 5.74) is 1.69. The number of rotatable bonds is 8. The molecule has 2 rings (SSSR count). The third-order valence-corrected chi connectivity index (χ3v) is 3.85. The molecule has 0 fully saturated rings. The Hall–Kier alpha value is -2.66. The zero-order valence-corrected chi connectivity index (χ0v) is 14.4. The van der Waals surface area contributed by atoms with E-state index < -0.39 is 0 Å². The first-order chi connectivity index (χ1) is 12.2. The van der Waals surface area contributed by atoms with Crippen LogP contribution in [0.15, 0.2) is 54.6 Å². The summed E-state index contributed by atoms with van der Waals surface area (Å²) in [7, 11) is 0. The lowest BCUT2D eigenvalue weighted by atomic mass is 10.0. The Morgan fingerprint density at radius 1 is 1.00 bits per heavy atom. The molecule has 2 aromatic carbocycles. The molecule has 5 heteroatoms. The van der Waals surface area contributed by atoms with Crippen LogP contribution in [0, 0.1) is 0 Å². The minimum Gasteiger partial charge on any atom is -0.395 e. The van der Waals surface area contributed by atoms with Gasteiger partial charge in [-0.05, 0) is 18.6 Å². The quantitative estimate of drug-likeness (QED) is 0.722. The number of aliphatic hydroxyl groups excluding tert-OH is 1. The van der Waals surface area contributed by atoms with Crippen molar-refractivity contribution in [3.05, 3.63) is 65.7 Å². The molecular weight excluding hydrogens is 316 g/mol. The monoisotopic (exact) mass is 340 g/mol. The Labute approximate surface area is 148 Å². The second-order valence-electron chi connectivity index (χ2n) is 5.77. The summed E-state index contributed by atoms with van der Waals surface area (Å²) in [5, 5.41) is 11.9. The second kappa shape index (κ2) is 9.59. The molecule has 0 atom stereocenters. The molecule has 0 bridgehead atoms. The zero-order valence-electron chi connectivity index (χ0n) is 14.4. The predicted octanol–water partition coefficient (Wildman–Crippen LogP) is 3.54. The number of urea groups is 1. The van der Waals surface area contributed by atoms with Gasteiger partial charge in [0.15, 0.2) is 5.78 Å². The van der Waals surface area contributed by atoms with Crippen LogP contribution in [0.3, 0.4) is 0 Å². The van der Waals surface area contributed by atoms with Gasteiger partial charge >= 0.3 is 6.03 Å². The van der Waals surface area contributed by atoms with Crippen molar-refractivity contribution < 1.29 is 14.7 Å². The van der Waals surface area contributed by atoms with Gasteiger partial charge in [-0.25, -0.2) is 4.79 Å². The first-order valence-electron chi connectivity index (χ1n) is 8.52. The number of anilines is 1. The smallest absolute Gasteiger partial charge is 0.321 e. The fourth-order valence-electron chi connectivity index (χ4n) is 2.48. The second-order valence-corrected chi connectivity index (χ2v) is 5.77. The van der Waals surface area contributed by atoms with Gasteiger partial charge in [0.1, 0.15) is 0 Å². The number of nitrogens with zero attached hydrogens (tertiary/aromatic N) is 1. The van der Waals surface area contributed by atoms with Crippen molar-refractivity contribution in [1.29, 1.82) is 0 Å². The number of benzene rings is 2. The van der Waals surface area contributed by atoms with E-state index in [0.717, 1.165) is 12.8 Å². The molecule has 0 aliphatic rings. The van der Waals surface area contributed by atoms with E-state index in [4.69, 9.17) is 5.11 Å². The fourth-order valence-corrected chi connectivity index (χ4v) is 2.48. The maximum atomic E-state index is 12.5. The number of nitrogens with one attached hydrogen (secondary N) is 1. The first kappa shape index (κ1) is 18.7. The van der Waals surface area contributed by atoms with Gasteiger partial charge in [-0.2, -0.15) is 0 Å². The van der Waals surface area contributed by atoms with E-state index in [0.29, 0.717) is 23.4 Å². The van der Waals surface area contributed by atoms with E-state index in [1.165, 1.54) is 0 Å². The van der Waals surface area contributed by atoms with Crippen LogP contribution in [0.4, 0.5) is 10.5 Å². The minimum atomic E-state index is -0.271. The standard InChI is InChI=1S/C20H24N2O3/c1-2-3-12-22(13-14-23)20(25)21-18-11-7-10-17(15-18)19(24)16-8-5-4-6-9-16/h4-11,15,23H,2-3,12-14H2,1H3,(H,21,25). The van der Waals surface area contributed by atoms with Gasteiger partial charge in [0.2, 0.25) is 0 Å². The Balaban J connectivity index is 2.10. The predicted molar refractivity (Wildman–Crippen MR) is 98.9 cm³/mol. The highest BCUT2D eigenvalue weighted by Gasteiger charge is 2.14. The number of hydrogen-bond acceptors (Lipinski definition) is 3. The average molecular weight is 340 g/mol. The van der Waals surface area contributed by atoms with Crippen molar-refractivity contribution in [2.75, 3.05) is 25.0 Å². The van der Waals surface area contributed by atoms with Gasteiger partial charge in [-0.1, -0.05) is 55.8 Å². The van der Waals surface area contributed by atoms with Crippen molar-refractivity contribution in [1.82, 2.24) is 4.90 Å². The Morgan fingerprint density at radius 3 is 2.40 bits per heavy atom. The Bertz CT molecular complexity index is 701. The Morgan fingerprint density at radius 2 is 1.72 bits per heavy atom. The summed E-state index contributed by atoms with van der Waals surface area (Å²) >= 11 is 0. The maximum absolute atomic E-state index is 12.5. The van der Waals surface area contributed by atoms with E-state index >= 15 is 0 Å². The molecule has 0 unspecified atom stereocenters. The summed E-state index contributed by atoms with van der Waals surface area (Å²) in [4.78, 5) is 26.5. The average Bonchev–Trinajstić information content (AvgIpc) is 2.65. The number of unbranched alkanes of at least 4 members (excludes halogenated alkanes) is 1. The molecule has 0 aliphatic heterocycles. The van der Waals surface area contributed by atoms with Crippen LogP contribution >= 0.6 is 0 Å². The van der Waals surface area contributed by atoms with Gasteiger partial charge in [-0.15, -0.1) is 0 Å². The summed E-state index contributed by atoms with van der Waals surface area (Å²) < 4.78 is 0. The van der Waals surface area contributed by atoms with Gasteiger partial charge in [0, 0.05) is 29.9 Å². The SMILES string of the molecule is CCCCN(CCO)C(=O)Nc1cccc(C(=O)c2ccccc2)c1. The van der Waals surface area contributed by atoms with Crippen molar-refractivity contribution in [2.45, 2.75) is 19.8 Å². The van der Waals surface area contributed by atoms with E-state index in [-0.39, 0.29) is 25.0 Å². The lowest BCUT2D eigenvalue weighted by molar-refractivity contribution is 0.103. The normalized spacial score (nSPS) is 10.3. The van der Waals surface area contributed by atoms with Crippen molar-refractivity contribution in [3.63, 3.8) is 0 Å². The molecule has 132 valence electrons. The van der Waals surface area contributed by atoms with Gasteiger partial charge in [0.25, 0.3) is 0 Å². The fraction of sp³-hybridized carbons (Fsp3) is 0.300. The highest BCUT2D eigenvalue weighted by Crippen LogP contribution is 2.15. The molecule has 0 saturated heterocycles. The van der Waals surface area contributed by atoms with Gasteiger partial charge < -0.3 is 15.3 Å². The van der Waals surface area contributed by atoms with E-state index in [1.54, 1.807) is 41.3 Å². The Kier molecular flexibility index (Phi) is 7.16. The molecule has 0 aliphatic carbocycles. The van der Waals surface area contributed by atoms with Crippen LogP contribution in [0.2, 0.25) is 0 Å². The lowest BCUT2D eigenvalue weighted by Gasteiger charge is -2.22. The largest absolute Gasteiger partial charge is 0.395 e. The molecule has 2 N–H and O–H groups in total. The van der Waals surface area contributed by atoms with Crippen LogP contribution in [0.5, 0.6) is 0 Å². The van der Waals surface area contributed by atoms with E-state index in [2.05, 4.69) is 5.32 Å². The van der Waals surface area contributed by atoms with Crippen molar-refractivity contribution >= 4 is 17.5 Å². The third-order valence-electron chi connectivity index (χ3n) is 3.85. The molecule has 25 heavy (non-hydrogen) atoms. The summed E-state index contributed by atoms with van der Waals surface area (Å²) in [5.74, 6) is -0.0881. The number of carbonyl (C=O) groups excluding carboxylic acids is 2. The van der Waals surface area contributed by atoms with Crippen LogP contribution in [0.25, 0.3) is 0 Å². The topological polar surface area (TPSA) is 69.6 Å². The summed E-state index contributed by atoms with van der Waals surface area (Å²) in [6.45, 7) is 2.84. The molecular formula is C20H24N2O3. The van der Waals surface area contributed by atoms with Crippen molar-refractivity contribution in [3.8, 4) is 0 Å². The summed E-state index contributed by atoms with van der Waals surface area (Å²) in [6, 6.07) is 15.6. The third kappa shape index (κ3) is 5.43.